The van der Waals surface area contributed by atoms with Crippen molar-refractivity contribution in [3.8, 4) is 0 Å². The first kappa shape index (κ1) is 13.3. The highest BCUT2D eigenvalue weighted by Gasteiger charge is 2.14. The molecule has 5 nitrogen and oxygen atoms in total. The van der Waals surface area contributed by atoms with E-state index in [9.17, 15) is 9.59 Å². The quantitative estimate of drug-likeness (QED) is 0.758. The summed E-state index contributed by atoms with van der Waals surface area (Å²) in [4.78, 5) is 29.0. The predicted molar refractivity (Wildman–Crippen MR) is 65.1 cm³/mol. The molecule has 0 saturated heterocycles. The normalized spacial score (nSPS) is 10.4. The van der Waals surface area contributed by atoms with E-state index in [2.05, 4.69) is 10.3 Å². The molecule has 17 heavy (non-hydrogen) atoms. The summed E-state index contributed by atoms with van der Waals surface area (Å²) in [6.07, 6.45) is 1.51. The zero-order valence-electron chi connectivity index (χ0n) is 10.4. The van der Waals surface area contributed by atoms with Crippen molar-refractivity contribution in [1.82, 2.24) is 15.2 Å². The Morgan fingerprint density at radius 3 is 2.71 bits per heavy atom. The molecule has 1 aromatic rings. The van der Waals surface area contributed by atoms with Crippen molar-refractivity contribution in [1.29, 1.82) is 0 Å². The lowest BCUT2D eigenvalue weighted by atomic mass is 10.1. The first-order chi connectivity index (χ1) is 8.02. The Balaban J connectivity index is 2.72. The van der Waals surface area contributed by atoms with Gasteiger partial charge in [-0.15, -0.1) is 0 Å². The van der Waals surface area contributed by atoms with E-state index in [-0.39, 0.29) is 17.4 Å². The molecule has 0 unspecified atom stereocenters. The van der Waals surface area contributed by atoms with E-state index in [0.29, 0.717) is 12.1 Å². The minimum atomic E-state index is -0.259. The maximum atomic E-state index is 11.8. The van der Waals surface area contributed by atoms with Crippen molar-refractivity contribution in [3.05, 3.63) is 29.6 Å². The van der Waals surface area contributed by atoms with Gasteiger partial charge in [-0.1, -0.05) is 0 Å². The lowest BCUT2D eigenvalue weighted by molar-refractivity contribution is 0.0934. The summed E-state index contributed by atoms with van der Waals surface area (Å²) in [5, 5.41) is 2.75. The number of carbonyl (C=O) groups is 2. The van der Waals surface area contributed by atoms with E-state index in [1.54, 1.807) is 12.1 Å². The van der Waals surface area contributed by atoms with Crippen LogP contribution in [0, 0.1) is 0 Å². The summed E-state index contributed by atoms with van der Waals surface area (Å²) in [5.74, 6) is -0.464. The Hall–Kier alpha value is -1.75. The summed E-state index contributed by atoms with van der Waals surface area (Å²) in [6.45, 7) is 2.69. The fourth-order valence-electron chi connectivity index (χ4n) is 1.36. The van der Waals surface area contributed by atoms with Gasteiger partial charge >= 0.3 is 0 Å². The van der Waals surface area contributed by atoms with Gasteiger partial charge in [-0.3, -0.25) is 14.6 Å². The van der Waals surface area contributed by atoms with Crippen LogP contribution in [-0.2, 0) is 0 Å². The van der Waals surface area contributed by atoms with Crippen LogP contribution in [0.25, 0.3) is 0 Å². The number of hydrogen-bond donors (Lipinski definition) is 1. The van der Waals surface area contributed by atoms with Crippen LogP contribution in [0.4, 0.5) is 0 Å². The number of ketones is 1. The first-order valence-electron chi connectivity index (χ1n) is 5.41. The smallest absolute Gasteiger partial charge is 0.253 e. The summed E-state index contributed by atoms with van der Waals surface area (Å²) in [6, 6.07) is 3.25. The molecule has 1 aromatic heterocycles. The number of likely N-dealkylation sites (N-methyl/N-ethyl adjacent to an activating group) is 1. The Kier molecular flexibility index (Phi) is 4.78. The van der Waals surface area contributed by atoms with Crippen LogP contribution in [0.1, 0.15) is 27.8 Å². The van der Waals surface area contributed by atoms with Crippen molar-refractivity contribution < 1.29 is 9.59 Å². The average molecular weight is 235 g/mol. The minimum Gasteiger partial charge on any atom is -0.351 e. The molecule has 0 saturated carbocycles. The van der Waals surface area contributed by atoms with Crippen molar-refractivity contribution >= 4 is 11.7 Å². The lowest BCUT2D eigenvalue weighted by Crippen LogP contribution is -2.32. The number of hydrogen-bond acceptors (Lipinski definition) is 4. The lowest BCUT2D eigenvalue weighted by Gasteiger charge is -2.11. The molecular weight excluding hydrogens is 218 g/mol. The van der Waals surface area contributed by atoms with Gasteiger partial charge in [0.05, 0.1) is 5.56 Å². The number of carbonyl (C=O) groups excluding carboxylic acids is 2. The Labute approximate surface area is 101 Å². The van der Waals surface area contributed by atoms with Crippen LogP contribution in [0.15, 0.2) is 18.3 Å². The summed E-state index contributed by atoms with van der Waals surface area (Å²) < 4.78 is 0. The minimum absolute atomic E-state index is 0.205. The molecule has 0 aliphatic carbocycles. The number of pyridine rings is 1. The van der Waals surface area contributed by atoms with E-state index < -0.39 is 0 Å². The van der Waals surface area contributed by atoms with E-state index in [4.69, 9.17) is 0 Å². The molecule has 0 radical (unpaired) electrons. The fourth-order valence-corrected chi connectivity index (χ4v) is 1.36. The highest BCUT2D eigenvalue weighted by atomic mass is 16.2. The molecule has 0 atom stereocenters. The molecule has 0 aromatic carbocycles. The molecule has 0 bridgehead atoms. The van der Waals surface area contributed by atoms with Crippen LogP contribution >= 0.6 is 0 Å². The molecule has 1 heterocycles. The third kappa shape index (κ3) is 3.96. The SMILES string of the molecule is CC(=O)c1ncccc1C(=O)NCCN(C)C. The monoisotopic (exact) mass is 235 g/mol. The van der Waals surface area contributed by atoms with Crippen LogP contribution in [0.5, 0.6) is 0 Å². The molecule has 1 amide bonds. The second-order valence-electron chi connectivity index (χ2n) is 4.01. The van der Waals surface area contributed by atoms with Gasteiger partial charge in [0.2, 0.25) is 0 Å². The van der Waals surface area contributed by atoms with E-state index in [1.807, 2.05) is 19.0 Å². The summed E-state index contributed by atoms with van der Waals surface area (Å²) in [5.41, 5.74) is 0.550. The zero-order chi connectivity index (χ0) is 12.8. The van der Waals surface area contributed by atoms with Gasteiger partial charge in [0.15, 0.2) is 5.78 Å². The van der Waals surface area contributed by atoms with Gasteiger partial charge in [0, 0.05) is 26.2 Å². The Morgan fingerprint density at radius 1 is 1.41 bits per heavy atom. The van der Waals surface area contributed by atoms with Crippen molar-refractivity contribution in [2.75, 3.05) is 27.2 Å². The van der Waals surface area contributed by atoms with Gasteiger partial charge in [-0.2, -0.15) is 0 Å². The second-order valence-corrected chi connectivity index (χ2v) is 4.01. The highest BCUT2D eigenvalue weighted by molar-refractivity contribution is 6.05. The van der Waals surface area contributed by atoms with Crippen LogP contribution in [0.2, 0.25) is 0 Å². The van der Waals surface area contributed by atoms with Crippen LogP contribution < -0.4 is 5.32 Å². The number of nitrogens with one attached hydrogen (secondary N) is 1. The molecule has 0 aliphatic rings. The molecule has 0 aliphatic heterocycles. The Bertz CT molecular complexity index is 416. The first-order valence-corrected chi connectivity index (χ1v) is 5.41. The standard InChI is InChI=1S/C12H17N3O2/c1-9(16)11-10(5-4-6-13-11)12(17)14-7-8-15(2)3/h4-6H,7-8H2,1-3H3,(H,14,17). The second kappa shape index (κ2) is 6.10. The zero-order valence-corrected chi connectivity index (χ0v) is 10.4. The van der Waals surface area contributed by atoms with Crippen LogP contribution in [-0.4, -0.2) is 48.8 Å². The summed E-state index contributed by atoms with van der Waals surface area (Å²) in [7, 11) is 3.86. The van der Waals surface area contributed by atoms with E-state index in [1.165, 1.54) is 13.1 Å². The topological polar surface area (TPSA) is 62.3 Å². The van der Waals surface area contributed by atoms with E-state index in [0.717, 1.165) is 6.54 Å². The van der Waals surface area contributed by atoms with Gasteiger partial charge in [-0.25, -0.2) is 0 Å². The molecule has 1 N–H and O–H groups in total. The number of amides is 1. The van der Waals surface area contributed by atoms with E-state index >= 15 is 0 Å². The number of rotatable bonds is 5. The van der Waals surface area contributed by atoms with Crippen molar-refractivity contribution in [2.45, 2.75) is 6.92 Å². The molecule has 92 valence electrons. The highest BCUT2D eigenvalue weighted by Crippen LogP contribution is 2.05. The van der Waals surface area contributed by atoms with Crippen LogP contribution in [0.3, 0.4) is 0 Å². The average Bonchev–Trinajstić information content (AvgIpc) is 2.28. The molecule has 1 rings (SSSR count). The number of aromatic nitrogens is 1. The van der Waals surface area contributed by atoms with Gasteiger partial charge in [0.1, 0.15) is 5.69 Å². The largest absolute Gasteiger partial charge is 0.351 e. The number of Topliss-reactive ketones (excluding diaryl/α,β-unsaturated/α-hetero) is 1. The summed E-state index contributed by atoms with van der Waals surface area (Å²) >= 11 is 0. The fraction of sp³-hybridized carbons (Fsp3) is 0.417. The predicted octanol–water partition coefficient (Wildman–Crippen LogP) is 0.576. The molecular formula is C12H17N3O2. The number of nitrogens with zero attached hydrogens (tertiary/aromatic N) is 2. The molecule has 5 heteroatoms. The maximum Gasteiger partial charge on any atom is 0.253 e. The molecule has 0 fully saturated rings. The van der Waals surface area contributed by atoms with Crippen molar-refractivity contribution in [2.24, 2.45) is 0 Å². The third-order valence-corrected chi connectivity index (χ3v) is 2.23. The maximum absolute atomic E-state index is 11.8. The third-order valence-electron chi connectivity index (χ3n) is 2.23. The Morgan fingerprint density at radius 2 is 2.12 bits per heavy atom. The van der Waals surface area contributed by atoms with Gasteiger partial charge in [0.25, 0.3) is 5.91 Å². The molecule has 0 spiro atoms. The van der Waals surface area contributed by atoms with Crippen molar-refractivity contribution in [3.63, 3.8) is 0 Å². The van der Waals surface area contributed by atoms with Gasteiger partial charge in [-0.05, 0) is 26.2 Å². The van der Waals surface area contributed by atoms with Gasteiger partial charge < -0.3 is 10.2 Å².